The first-order chi connectivity index (χ1) is 10.6. The maximum absolute atomic E-state index is 11.9. The van der Waals surface area contributed by atoms with Crippen LogP contribution in [0.25, 0.3) is 0 Å². The highest BCUT2D eigenvalue weighted by atomic mass is 35.5. The number of aliphatic hydroxyl groups is 1. The molecule has 1 aliphatic carbocycles. The van der Waals surface area contributed by atoms with Gasteiger partial charge in [-0.25, -0.2) is 4.79 Å². The molecule has 23 heavy (non-hydrogen) atoms. The van der Waals surface area contributed by atoms with Crippen LogP contribution in [0.15, 0.2) is 18.2 Å². The number of halogens is 1. The first-order valence-electron chi connectivity index (χ1n) is 7.86. The topological polar surface area (TPSA) is 84.6 Å². The minimum Gasteiger partial charge on any atom is -0.444 e. The van der Waals surface area contributed by atoms with E-state index in [0.717, 1.165) is 5.56 Å². The summed E-state index contributed by atoms with van der Waals surface area (Å²) in [5, 5.41) is 13.0. The molecule has 0 radical (unpaired) electrons. The lowest BCUT2D eigenvalue weighted by molar-refractivity contribution is 0.0636. The number of hydrogen-bond donors (Lipinski definition) is 3. The summed E-state index contributed by atoms with van der Waals surface area (Å²) in [7, 11) is 0. The number of anilines is 1. The van der Waals surface area contributed by atoms with Crippen molar-refractivity contribution >= 4 is 23.4 Å². The van der Waals surface area contributed by atoms with Crippen LogP contribution in [0.5, 0.6) is 0 Å². The van der Waals surface area contributed by atoms with Crippen LogP contribution >= 0.6 is 11.6 Å². The van der Waals surface area contributed by atoms with Gasteiger partial charge in [0.1, 0.15) is 5.60 Å². The number of hydrogen-bond acceptors (Lipinski definition) is 4. The van der Waals surface area contributed by atoms with E-state index in [2.05, 4.69) is 5.32 Å². The maximum atomic E-state index is 11.9. The Hall–Kier alpha value is -1.30. The van der Waals surface area contributed by atoms with Gasteiger partial charge in [0.25, 0.3) is 0 Å². The van der Waals surface area contributed by atoms with E-state index in [-0.39, 0.29) is 6.10 Å². The molecule has 1 saturated carbocycles. The van der Waals surface area contributed by atoms with Crippen LogP contribution in [0.4, 0.5) is 10.5 Å². The third-order valence-corrected chi connectivity index (χ3v) is 4.32. The van der Waals surface area contributed by atoms with Crippen LogP contribution < -0.4 is 11.1 Å². The third-order valence-electron chi connectivity index (χ3n) is 4.00. The van der Waals surface area contributed by atoms with Crippen molar-refractivity contribution in [2.75, 3.05) is 5.32 Å². The zero-order chi connectivity index (χ0) is 17.3. The molecule has 0 unspecified atom stereocenters. The number of aliphatic hydroxyl groups excluding tert-OH is 1. The average Bonchev–Trinajstić information content (AvgIpc) is 2.42. The van der Waals surface area contributed by atoms with E-state index in [4.69, 9.17) is 22.1 Å². The van der Waals surface area contributed by atoms with Crippen molar-refractivity contribution in [3.63, 3.8) is 0 Å². The van der Waals surface area contributed by atoms with Crippen LogP contribution in [0.1, 0.15) is 52.0 Å². The van der Waals surface area contributed by atoms with Crippen molar-refractivity contribution in [1.29, 1.82) is 0 Å². The van der Waals surface area contributed by atoms with Gasteiger partial charge in [-0.1, -0.05) is 11.6 Å². The third kappa shape index (κ3) is 4.83. The minimum absolute atomic E-state index is 0.298. The molecule has 1 aliphatic rings. The molecule has 0 saturated heterocycles. The Kier molecular flexibility index (Phi) is 5.23. The van der Waals surface area contributed by atoms with Crippen LogP contribution in [0.2, 0.25) is 5.02 Å². The standard InChI is InChI=1S/C17H25ClN2O3/c1-16(2,3)23-15(22)20-11-4-5-14(18)13(10-11)17(19)8-6-12(21)7-9-17/h4-5,10,12,21H,6-9,19H2,1-3H3,(H,20,22). The number of carbonyl (C=O) groups is 1. The van der Waals surface area contributed by atoms with Crippen molar-refractivity contribution in [3.05, 3.63) is 28.8 Å². The fraction of sp³-hybridized carbons (Fsp3) is 0.588. The zero-order valence-electron chi connectivity index (χ0n) is 13.9. The first kappa shape index (κ1) is 18.0. The molecule has 5 nitrogen and oxygen atoms in total. The molecule has 1 aromatic rings. The molecule has 0 heterocycles. The molecular weight excluding hydrogens is 316 g/mol. The molecule has 6 heteroatoms. The second kappa shape index (κ2) is 6.67. The SMILES string of the molecule is CC(C)(C)OC(=O)Nc1ccc(Cl)c(C2(N)CCC(O)CC2)c1. The van der Waals surface area contributed by atoms with Gasteiger partial charge in [-0.05, 0) is 70.2 Å². The van der Waals surface area contributed by atoms with Crippen LogP contribution in [0, 0.1) is 0 Å². The number of ether oxygens (including phenoxy) is 1. The van der Waals surface area contributed by atoms with E-state index in [1.807, 2.05) is 20.8 Å². The van der Waals surface area contributed by atoms with Gasteiger partial charge in [0.2, 0.25) is 0 Å². The van der Waals surface area contributed by atoms with Crippen molar-refractivity contribution in [3.8, 4) is 0 Å². The first-order valence-corrected chi connectivity index (χ1v) is 8.24. The van der Waals surface area contributed by atoms with Crippen molar-refractivity contribution in [2.45, 2.75) is 63.7 Å². The quantitative estimate of drug-likeness (QED) is 0.765. The minimum atomic E-state index is -0.581. The Morgan fingerprint density at radius 2 is 2.00 bits per heavy atom. The smallest absolute Gasteiger partial charge is 0.412 e. The van der Waals surface area contributed by atoms with E-state index in [9.17, 15) is 9.90 Å². The molecule has 0 aliphatic heterocycles. The van der Waals surface area contributed by atoms with Gasteiger partial charge in [-0.15, -0.1) is 0 Å². The summed E-state index contributed by atoms with van der Waals surface area (Å²) in [5.41, 5.74) is 6.75. The molecule has 128 valence electrons. The Morgan fingerprint density at radius 3 is 2.57 bits per heavy atom. The van der Waals surface area contributed by atoms with Crippen LogP contribution in [-0.2, 0) is 10.3 Å². The predicted molar refractivity (Wildman–Crippen MR) is 91.6 cm³/mol. The lowest BCUT2D eigenvalue weighted by Gasteiger charge is -2.36. The maximum Gasteiger partial charge on any atom is 0.412 e. The van der Waals surface area contributed by atoms with Gasteiger partial charge in [0.15, 0.2) is 0 Å². The molecule has 0 aromatic heterocycles. The van der Waals surface area contributed by atoms with Gasteiger partial charge < -0.3 is 15.6 Å². The van der Waals surface area contributed by atoms with Crippen LogP contribution in [0.3, 0.4) is 0 Å². The monoisotopic (exact) mass is 340 g/mol. The number of amides is 1. The Balaban J connectivity index is 2.17. The van der Waals surface area contributed by atoms with E-state index in [0.29, 0.717) is 36.4 Å². The molecule has 1 amide bonds. The lowest BCUT2D eigenvalue weighted by atomic mass is 9.76. The van der Waals surface area contributed by atoms with Crippen molar-refractivity contribution in [2.24, 2.45) is 5.73 Å². The van der Waals surface area contributed by atoms with Gasteiger partial charge in [0.05, 0.1) is 6.10 Å². The lowest BCUT2D eigenvalue weighted by Crippen LogP contribution is -2.42. The fourth-order valence-electron chi connectivity index (χ4n) is 2.79. The predicted octanol–water partition coefficient (Wildman–Crippen LogP) is 3.78. The summed E-state index contributed by atoms with van der Waals surface area (Å²) in [6.07, 6.45) is 1.80. The molecular formula is C17H25ClN2O3. The summed E-state index contributed by atoms with van der Waals surface area (Å²) in [6.45, 7) is 5.42. The fourth-order valence-corrected chi connectivity index (χ4v) is 3.10. The van der Waals surface area contributed by atoms with E-state index < -0.39 is 17.2 Å². The Bertz CT molecular complexity index is 576. The molecule has 1 fully saturated rings. The number of carbonyl (C=O) groups excluding carboxylic acids is 1. The summed E-state index contributed by atoms with van der Waals surface area (Å²) in [6, 6.07) is 5.24. The highest BCUT2D eigenvalue weighted by Gasteiger charge is 2.34. The zero-order valence-corrected chi connectivity index (χ0v) is 14.6. The number of rotatable bonds is 2. The second-order valence-corrected chi connectivity index (χ2v) is 7.62. The van der Waals surface area contributed by atoms with Crippen molar-refractivity contribution < 1.29 is 14.6 Å². The molecule has 0 spiro atoms. The van der Waals surface area contributed by atoms with Gasteiger partial charge in [-0.3, -0.25) is 5.32 Å². The number of nitrogens with two attached hydrogens (primary N) is 1. The van der Waals surface area contributed by atoms with Gasteiger partial charge in [-0.2, -0.15) is 0 Å². The molecule has 1 aromatic carbocycles. The summed E-state index contributed by atoms with van der Waals surface area (Å²) < 4.78 is 5.25. The molecule has 4 N–H and O–H groups in total. The largest absolute Gasteiger partial charge is 0.444 e. The Morgan fingerprint density at radius 1 is 1.39 bits per heavy atom. The second-order valence-electron chi connectivity index (χ2n) is 7.21. The number of nitrogens with one attached hydrogen (secondary N) is 1. The van der Waals surface area contributed by atoms with E-state index >= 15 is 0 Å². The highest BCUT2D eigenvalue weighted by Crippen LogP contribution is 2.39. The molecule has 0 atom stereocenters. The molecule has 0 bridgehead atoms. The number of benzene rings is 1. The van der Waals surface area contributed by atoms with Gasteiger partial charge >= 0.3 is 6.09 Å². The van der Waals surface area contributed by atoms with E-state index in [1.54, 1.807) is 18.2 Å². The molecule has 2 rings (SSSR count). The summed E-state index contributed by atoms with van der Waals surface area (Å²) in [4.78, 5) is 11.9. The van der Waals surface area contributed by atoms with Crippen LogP contribution in [-0.4, -0.2) is 22.9 Å². The average molecular weight is 341 g/mol. The Labute approximate surface area is 142 Å². The van der Waals surface area contributed by atoms with Gasteiger partial charge in [0, 0.05) is 16.2 Å². The highest BCUT2D eigenvalue weighted by molar-refractivity contribution is 6.31. The van der Waals surface area contributed by atoms with E-state index in [1.165, 1.54) is 0 Å². The van der Waals surface area contributed by atoms with Crippen molar-refractivity contribution in [1.82, 2.24) is 0 Å². The summed E-state index contributed by atoms with van der Waals surface area (Å²) >= 11 is 6.31. The normalized spacial score (nSPS) is 25.0. The summed E-state index contributed by atoms with van der Waals surface area (Å²) in [5.74, 6) is 0.